The van der Waals surface area contributed by atoms with Gasteiger partial charge in [-0.05, 0) is 45.4 Å². The number of hydrogen-bond donors (Lipinski definition) is 0. The normalized spacial score (nSPS) is 19.4. The Balaban J connectivity index is 1.92. The molecule has 0 radical (unpaired) electrons. The van der Waals surface area contributed by atoms with Crippen LogP contribution in [0, 0.1) is 5.92 Å². The van der Waals surface area contributed by atoms with Crippen molar-refractivity contribution >= 4 is 27.6 Å². The zero-order chi connectivity index (χ0) is 31.1. The van der Waals surface area contributed by atoms with Crippen molar-refractivity contribution in [1.82, 2.24) is 0 Å². The summed E-state index contributed by atoms with van der Waals surface area (Å²) in [6.45, 7) is 14.4. The molecule has 1 aromatic carbocycles. The molecule has 0 bridgehead atoms. The fourth-order valence-corrected chi connectivity index (χ4v) is 7.24. The van der Waals surface area contributed by atoms with E-state index in [1.54, 1.807) is 38.3 Å². The van der Waals surface area contributed by atoms with Crippen molar-refractivity contribution in [3.63, 3.8) is 0 Å². The number of allylic oxidation sites excluding steroid dienone is 4. The van der Waals surface area contributed by atoms with Crippen molar-refractivity contribution in [3.8, 4) is 5.75 Å². The minimum Gasteiger partial charge on any atom is -0.500 e. The SMILES string of the molecule is CCOC(=O)C(C)OP(=O)(CC(C)=CCC1=C(OC)C(C)C2=COC(=O)C2=C1OCC[Si](C)(C)C)Oc1ccccc1. The third kappa shape index (κ3) is 8.72. The Labute approximate surface area is 250 Å². The molecular formula is C31H43O9PSi. The number of cyclic esters (lactones) is 1. The summed E-state index contributed by atoms with van der Waals surface area (Å²) in [6.07, 6.45) is 2.53. The maximum Gasteiger partial charge on any atom is 0.384 e. The van der Waals surface area contributed by atoms with E-state index in [4.69, 9.17) is 28.0 Å². The zero-order valence-corrected chi connectivity index (χ0v) is 27.7. The molecule has 1 aliphatic carbocycles. The molecule has 0 spiro atoms. The minimum absolute atomic E-state index is 0.0770. The summed E-state index contributed by atoms with van der Waals surface area (Å²) in [7, 11) is -3.66. The molecular weight excluding hydrogens is 575 g/mol. The molecule has 9 nitrogen and oxygen atoms in total. The third-order valence-electron chi connectivity index (χ3n) is 6.79. The maximum absolute atomic E-state index is 14.0. The van der Waals surface area contributed by atoms with Gasteiger partial charge in [0.2, 0.25) is 0 Å². The number of carbonyl (C=O) groups excluding carboxylic acids is 2. The lowest BCUT2D eigenvalue weighted by molar-refractivity contribution is -0.150. The van der Waals surface area contributed by atoms with Crippen LogP contribution < -0.4 is 4.52 Å². The van der Waals surface area contributed by atoms with Crippen LogP contribution in [0.3, 0.4) is 0 Å². The average Bonchev–Trinajstić information content (AvgIpc) is 3.30. The number of rotatable bonds is 15. The van der Waals surface area contributed by atoms with Crippen LogP contribution in [0.1, 0.15) is 34.1 Å². The van der Waals surface area contributed by atoms with Crippen LogP contribution in [0.25, 0.3) is 0 Å². The first-order chi connectivity index (χ1) is 19.8. The Bertz CT molecular complexity index is 1320. The second-order valence-electron chi connectivity index (χ2n) is 11.5. The number of hydrogen-bond acceptors (Lipinski definition) is 9. The second-order valence-corrected chi connectivity index (χ2v) is 19.1. The summed E-state index contributed by atoms with van der Waals surface area (Å²) in [5.74, 6) is 0.197. The smallest absolute Gasteiger partial charge is 0.384 e. The van der Waals surface area contributed by atoms with Crippen LogP contribution in [0.5, 0.6) is 5.75 Å². The largest absolute Gasteiger partial charge is 0.500 e. The first-order valence-corrected chi connectivity index (χ1v) is 19.6. The fourth-order valence-electron chi connectivity index (χ4n) is 4.60. The van der Waals surface area contributed by atoms with Crippen molar-refractivity contribution in [2.75, 3.05) is 26.5 Å². The van der Waals surface area contributed by atoms with Gasteiger partial charge < -0.3 is 23.5 Å². The Hall–Kier alpha value is -3.07. The Morgan fingerprint density at radius 2 is 1.88 bits per heavy atom. The number of methoxy groups -OCH3 is 1. The summed E-state index contributed by atoms with van der Waals surface area (Å²) in [5.41, 5.74) is 2.57. The van der Waals surface area contributed by atoms with Crippen molar-refractivity contribution in [3.05, 3.63) is 76.5 Å². The molecule has 42 heavy (non-hydrogen) atoms. The van der Waals surface area contributed by atoms with Gasteiger partial charge in [-0.3, -0.25) is 4.52 Å². The molecule has 1 aliphatic heterocycles. The molecule has 0 N–H and O–H groups in total. The molecule has 3 unspecified atom stereocenters. The molecule has 0 fully saturated rings. The van der Waals surface area contributed by atoms with E-state index in [0.29, 0.717) is 41.4 Å². The van der Waals surface area contributed by atoms with Gasteiger partial charge in [0.1, 0.15) is 22.8 Å². The summed E-state index contributed by atoms with van der Waals surface area (Å²) < 4.78 is 48.0. The zero-order valence-electron chi connectivity index (χ0n) is 25.9. The first-order valence-electron chi connectivity index (χ1n) is 14.2. The number of fused-ring (bicyclic) bond motifs is 1. The number of para-hydroxylation sites is 1. The van der Waals surface area contributed by atoms with Gasteiger partial charge in [0.05, 0.1) is 32.7 Å². The molecule has 0 saturated heterocycles. The Morgan fingerprint density at radius 1 is 1.19 bits per heavy atom. The van der Waals surface area contributed by atoms with E-state index in [1.807, 2.05) is 26.0 Å². The topological polar surface area (TPSA) is 107 Å². The van der Waals surface area contributed by atoms with Gasteiger partial charge in [0.25, 0.3) is 0 Å². The summed E-state index contributed by atoms with van der Waals surface area (Å²) >= 11 is 0. The molecule has 3 atom stereocenters. The van der Waals surface area contributed by atoms with Crippen LogP contribution in [0.4, 0.5) is 0 Å². The number of carbonyl (C=O) groups is 2. The maximum atomic E-state index is 14.0. The monoisotopic (exact) mass is 618 g/mol. The number of esters is 2. The molecule has 2 aliphatic rings. The van der Waals surface area contributed by atoms with Crippen LogP contribution in [-0.4, -0.2) is 52.6 Å². The highest BCUT2D eigenvalue weighted by Gasteiger charge is 2.40. The van der Waals surface area contributed by atoms with Crippen molar-refractivity contribution < 1.29 is 42.1 Å². The molecule has 230 valence electrons. The highest BCUT2D eigenvalue weighted by Crippen LogP contribution is 2.51. The predicted octanol–water partition coefficient (Wildman–Crippen LogP) is 7.16. The van der Waals surface area contributed by atoms with E-state index >= 15 is 0 Å². The summed E-state index contributed by atoms with van der Waals surface area (Å²) in [4.78, 5) is 25.1. The summed E-state index contributed by atoms with van der Waals surface area (Å²) in [6, 6.07) is 9.59. The van der Waals surface area contributed by atoms with Crippen LogP contribution in [0.15, 0.2) is 76.5 Å². The van der Waals surface area contributed by atoms with Gasteiger partial charge in [-0.2, -0.15) is 0 Å². The number of benzene rings is 1. The first kappa shape index (κ1) is 33.4. The molecule has 0 amide bonds. The van der Waals surface area contributed by atoms with E-state index in [0.717, 1.165) is 17.2 Å². The highest BCUT2D eigenvalue weighted by atomic mass is 31.2. The lowest BCUT2D eigenvalue weighted by atomic mass is 9.83. The summed E-state index contributed by atoms with van der Waals surface area (Å²) in [5, 5.41) is 0. The number of ether oxygens (including phenoxy) is 4. The van der Waals surface area contributed by atoms with E-state index in [9.17, 15) is 14.2 Å². The molecule has 1 heterocycles. The molecule has 3 rings (SSSR count). The van der Waals surface area contributed by atoms with E-state index in [2.05, 4.69) is 19.6 Å². The van der Waals surface area contributed by atoms with E-state index in [-0.39, 0.29) is 18.7 Å². The van der Waals surface area contributed by atoms with Gasteiger partial charge in [0, 0.05) is 25.1 Å². The molecule has 0 aromatic heterocycles. The van der Waals surface area contributed by atoms with Gasteiger partial charge in [-0.25, -0.2) is 14.2 Å². The molecule has 1 aromatic rings. The van der Waals surface area contributed by atoms with E-state index < -0.39 is 33.7 Å². The molecule has 11 heteroatoms. The van der Waals surface area contributed by atoms with E-state index in [1.165, 1.54) is 13.2 Å². The second kappa shape index (κ2) is 14.4. The Kier molecular flexibility index (Phi) is 11.5. The third-order valence-corrected chi connectivity index (χ3v) is 10.5. The minimum atomic E-state index is -3.85. The fraction of sp³-hybridized carbons (Fsp3) is 0.484. The van der Waals surface area contributed by atoms with Gasteiger partial charge in [0.15, 0.2) is 6.10 Å². The predicted molar refractivity (Wildman–Crippen MR) is 164 cm³/mol. The van der Waals surface area contributed by atoms with Gasteiger partial charge >= 0.3 is 19.5 Å². The highest BCUT2D eigenvalue weighted by molar-refractivity contribution is 7.54. The lowest BCUT2D eigenvalue weighted by Gasteiger charge is -2.28. The van der Waals surface area contributed by atoms with Crippen molar-refractivity contribution in [1.29, 1.82) is 0 Å². The van der Waals surface area contributed by atoms with Crippen LogP contribution >= 0.6 is 7.60 Å². The van der Waals surface area contributed by atoms with Crippen LogP contribution in [0.2, 0.25) is 25.7 Å². The van der Waals surface area contributed by atoms with Gasteiger partial charge in [-0.15, -0.1) is 0 Å². The average molecular weight is 619 g/mol. The van der Waals surface area contributed by atoms with Crippen molar-refractivity contribution in [2.45, 2.75) is 65.9 Å². The Morgan fingerprint density at radius 3 is 2.50 bits per heavy atom. The van der Waals surface area contributed by atoms with Crippen LogP contribution in [-0.2, 0) is 37.6 Å². The van der Waals surface area contributed by atoms with Gasteiger partial charge in [-0.1, -0.05) is 56.4 Å². The standard InChI is InChI=1S/C31H43O9PSi/c1-9-36-30(32)23(4)39-41(34,40-24-13-11-10-12-14-24)20-21(2)15-16-25-28(35-5)22(3)26-19-38-31(33)27(26)29(25)37-17-18-42(6,7)8/h10-15,19,22-23H,9,16-18,20H2,1-8H3. The van der Waals surface area contributed by atoms with Crippen molar-refractivity contribution in [2.24, 2.45) is 5.92 Å². The molecule has 0 saturated carbocycles. The quantitative estimate of drug-likeness (QED) is 0.0876. The lowest BCUT2D eigenvalue weighted by Crippen LogP contribution is -2.24.